The van der Waals surface area contributed by atoms with Gasteiger partial charge in [-0.3, -0.25) is 4.79 Å². The molecule has 4 aliphatic rings. The smallest absolute Gasteiger partial charge is 0.241 e. The Morgan fingerprint density at radius 3 is 2.50 bits per heavy atom. The number of amides is 1. The highest BCUT2D eigenvalue weighted by molar-refractivity contribution is 7.89. The fourth-order valence-electron chi connectivity index (χ4n) is 4.77. The predicted octanol–water partition coefficient (Wildman–Crippen LogP) is 2.38. The molecule has 0 spiro atoms. The van der Waals surface area contributed by atoms with Crippen LogP contribution in [0.3, 0.4) is 0 Å². The first-order chi connectivity index (χ1) is 15.2. The fourth-order valence-corrected chi connectivity index (χ4v) is 6.27. The van der Waals surface area contributed by atoms with Gasteiger partial charge in [0.05, 0.1) is 21.9 Å². The third-order valence-electron chi connectivity index (χ3n) is 7.63. The lowest BCUT2D eigenvalue weighted by Gasteiger charge is -2.32. The number of piperidine rings is 1. The number of aromatic nitrogens is 1. The number of aliphatic hydroxyl groups excluding tert-OH is 1. The van der Waals surface area contributed by atoms with Crippen LogP contribution in [0, 0.1) is 11.3 Å². The summed E-state index contributed by atoms with van der Waals surface area (Å²) in [5, 5.41) is 13.7. The van der Waals surface area contributed by atoms with Crippen molar-refractivity contribution in [2.75, 3.05) is 23.3 Å². The minimum atomic E-state index is -3.71. The second-order valence-electron chi connectivity index (χ2n) is 10.3. The van der Waals surface area contributed by atoms with Gasteiger partial charge >= 0.3 is 0 Å². The molecule has 1 aromatic heterocycles. The Labute approximate surface area is 187 Å². The molecule has 4 fully saturated rings. The quantitative estimate of drug-likeness (QED) is 0.615. The number of fused-ring (bicyclic) bond motifs is 2. The summed E-state index contributed by atoms with van der Waals surface area (Å²) in [4.78, 5) is 19.4. The first kappa shape index (κ1) is 20.4. The van der Waals surface area contributed by atoms with E-state index in [4.69, 9.17) is 0 Å². The van der Waals surface area contributed by atoms with Crippen molar-refractivity contribution in [1.82, 2.24) is 9.71 Å². The van der Waals surface area contributed by atoms with Gasteiger partial charge in [-0.15, -0.1) is 0 Å². The fraction of sp³-hybridized carbons (Fsp3) is 0.565. The van der Waals surface area contributed by atoms with Crippen molar-refractivity contribution in [3.05, 3.63) is 24.3 Å². The highest BCUT2D eigenvalue weighted by Crippen LogP contribution is 2.75. The van der Waals surface area contributed by atoms with E-state index in [0.717, 1.165) is 36.8 Å². The Morgan fingerprint density at radius 1 is 1.19 bits per heavy atom. The number of sulfonamides is 1. The summed E-state index contributed by atoms with van der Waals surface area (Å²) < 4.78 is 29.1. The van der Waals surface area contributed by atoms with E-state index >= 15 is 0 Å². The van der Waals surface area contributed by atoms with Crippen LogP contribution in [-0.4, -0.2) is 49.1 Å². The Bertz CT molecular complexity index is 1230. The Kier molecular flexibility index (Phi) is 4.23. The largest absolute Gasteiger partial charge is 0.393 e. The van der Waals surface area contributed by atoms with Crippen LogP contribution < -0.4 is 14.9 Å². The molecule has 6 rings (SSSR count). The number of carbonyl (C=O) groups is 1. The maximum atomic E-state index is 13.2. The zero-order valence-electron chi connectivity index (χ0n) is 18.1. The first-order valence-corrected chi connectivity index (χ1v) is 12.9. The molecule has 1 saturated heterocycles. The van der Waals surface area contributed by atoms with E-state index in [9.17, 15) is 18.3 Å². The van der Waals surface area contributed by atoms with Gasteiger partial charge in [-0.2, -0.15) is 0 Å². The lowest BCUT2D eigenvalue weighted by molar-refractivity contribution is -0.119. The minimum Gasteiger partial charge on any atom is -0.393 e. The van der Waals surface area contributed by atoms with Crippen molar-refractivity contribution >= 4 is 38.3 Å². The van der Waals surface area contributed by atoms with E-state index in [0.29, 0.717) is 43.2 Å². The number of rotatable bonds is 6. The zero-order chi connectivity index (χ0) is 22.3. The molecular weight excluding hydrogens is 428 g/mol. The molecule has 170 valence electrons. The maximum absolute atomic E-state index is 13.2. The summed E-state index contributed by atoms with van der Waals surface area (Å²) in [6.07, 6.45) is 4.53. The molecule has 2 aromatic rings. The number of carbonyl (C=O) groups excluding carboxylic acids is 1. The van der Waals surface area contributed by atoms with E-state index in [2.05, 4.69) is 19.9 Å². The molecule has 3 aliphatic carbocycles. The van der Waals surface area contributed by atoms with Crippen LogP contribution in [0.15, 0.2) is 29.2 Å². The van der Waals surface area contributed by atoms with Gasteiger partial charge in [0.25, 0.3) is 0 Å². The molecule has 0 radical (unpaired) electrons. The number of nitrogens with zero attached hydrogens (tertiary/aromatic N) is 2. The van der Waals surface area contributed by atoms with Crippen molar-refractivity contribution in [3.63, 3.8) is 0 Å². The van der Waals surface area contributed by atoms with Crippen LogP contribution >= 0.6 is 0 Å². The second kappa shape index (κ2) is 6.65. The number of benzene rings is 1. The van der Waals surface area contributed by atoms with Gasteiger partial charge in [-0.25, -0.2) is 18.1 Å². The first-order valence-electron chi connectivity index (χ1n) is 11.4. The third-order valence-corrected chi connectivity index (χ3v) is 9.25. The van der Waals surface area contributed by atoms with Crippen LogP contribution in [0.4, 0.5) is 11.5 Å². The minimum absolute atomic E-state index is 0.0201. The molecule has 3 saturated carbocycles. The molecule has 32 heavy (non-hydrogen) atoms. The Morgan fingerprint density at radius 2 is 1.88 bits per heavy atom. The van der Waals surface area contributed by atoms with Crippen LogP contribution in [0.2, 0.25) is 0 Å². The number of hydrogen-bond donors (Lipinski definition) is 3. The molecule has 8 nitrogen and oxygen atoms in total. The van der Waals surface area contributed by atoms with Crippen molar-refractivity contribution < 1.29 is 18.3 Å². The monoisotopic (exact) mass is 456 g/mol. The molecule has 0 bridgehead atoms. The van der Waals surface area contributed by atoms with Crippen molar-refractivity contribution in [1.29, 1.82) is 0 Å². The van der Waals surface area contributed by atoms with E-state index in [1.165, 1.54) is 0 Å². The second-order valence-corrected chi connectivity index (χ2v) is 12.0. The van der Waals surface area contributed by atoms with Gasteiger partial charge in [0.15, 0.2) is 0 Å². The van der Waals surface area contributed by atoms with Gasteiger partial charge in [0.1, 0.15) is 5.82 Å². The summed E-state index contributed by atoms with van der Waals surface area (Å²) in [5.41, 5.74) is 0.791. The average molecular weight is 457 g/mol. The van der Waals surface area contributed by atoms with E-state index < -0.39 is 10.0 Å². The number of aliphatic hydroxyl groups is 1. The number of anilines is 2. The molecule has 1 amide bonds. The summed E-state index contributed by atoms with van der Waals surface area (Å²) >= 11 is 0. The van der Waals surface area contributed by atoms with Gasteiger partial charge in [0, 0.05) is 29.7 Å². The lowest BCUT2D eigenvalue weighted by atomic mass is 10.1. The summed E-state index contributed by atoms with van der Waals surface area (Å²) in [5.74, 6) is 1.01. The van der Waals surface area contributed by atoms with E-state index in [-0.39, 0.29) is 27.9 Å². The third kappa shape index (κ3) is 3.47. The topological polar surface area (TPSA) is 112 Å². The van der Waals surface area contributed by atoms with Gasteiger partial charge < -0.3 is 15.3 Å². The Hall–Kier alpha value is -2.23. The standard InChI is InChI=1S/C23H28N4O4S/c1-22(6-7-22)26-32(30,31)16-10-18-17(19(11-16)27-8-4-15(28)5-9-27)2-3-20(24-18)25-21(29)23-12-14(23)13-23/h2-3,10-11,14-15,26,28H,4-9,12-13H2,1H3,(H,24,25,29). The molecule has 0 atom stereocenters. The number of hydrogen-bond acceptors (Lipinski definition) is 6. The SMILES string of the molecule is CC1(NS(=O)(=O)c2cc(N3CCC(O)CC3)c3ccc(NC(=O)C45CC4C5)nc3c2)CC1. The van der Waals surface area contributed by atoms with Crippen molar-refractivity contribution in [3.8, 4) is 0 Å². The highest BCUT2D eigenvalue weighted by atomic mass is 32.2. The van der Waals surface area contributed by atoms with Gasteiger partial charge in [0.2, 0.25) is 15.9 Å². The van der Waals surface area contributed by atoms with Crippen LogP contribution in [-0.2, 0) is 14.8 Å². The zero-order valence-corrected chi connectivity index (χ0v) is 18.9. The molecule has 9 heteroatoms. The average Bonchev–Trinajstić information content (AvgIpc) is 3.64. The summed E-state index contributed by atoms with van der Waals surface area (Å²) in [7, 11) is -3.71. The molecule has 0 unspecified atom stereocenters. The maximum Gasteiger partial charge on any atom is 0.241 e. The normalized spacial score (nSPS) is 28.3. The van der Waals surface area contributed by atoms with E-state index in [1.54, 1.807) is 18.2 Å². The van der Waals surface area contributed by atoms with Crippen molar-refractivity contribution in [2.45, 2.75) is 62.0 Å². The van der Waals surface area contributed by atoms with E-state index in [1.807, 2.05) is 13.0 Å². The van der Waals surface area contributed by atoms with Crippen molar-refractivity contribution in [2.24, 2.45) is 11.3 Å². The van der Waals surface area contributed by atoms with Gasteiger partial charge in [-0.05, 0) is 75.6 Å². The van der Waals surface area contributed by atoms with Crippen LogP contribution in [0.25, 0.3) is 10.9 Å². The number of nitrogens with one attached hydrogen (secondary N) is 2. The predicted molar refractivity (Wildman–Crippen MR) is 121 cm³/mol. The van der Waals surface area contributed by atoms with Crippen LogP contribution in [0.5, 0.6) is 0 Å². The lowest BCUT2D eigenvalue weighted by Crippen LogP contribution is -2.36. The molecular formula is C23H28N4O4S. The van der Waals surface area contributed by atoms with Crippen LogP contribution in [0.1, 0.15) is 45.4 Å². The summed E-state index contributed by atoms with van der Waals surface area (Å²) in [6.45, 7) is 3.20. The Balaban J connectivity index is 1.39. The molecule has 1 aromatic carbocycles. The molecule has 3 N–H and O–H groups in total. The van der Waals surface area contributed by atoms with Gasteiger partial charge in [-0.1, -0.05) is 0 Å². The number of pyridine rings is 1. The highest BCUT2D eigenvalue weighted by Gasteiger charge is 2.74. The molecule has 2 heterocycles. The molecule has 1 aliphatic heterocycles. The summed E-state index contributed by atoms with van der Waals surface area (Å²) in [6, 6.07) is 7.00.